The topological polar surface area (TPSA) is 92.1 Å². The van der Waals surface area contributed by atoms with Crippen molar-refractivity contribution in [2.24, 2.45) is 0 Å². The molecule has 0 bridgehead atoms. The lowest BCUT2D eigenvalue weighted by Gasteiger charge is -2.34. The van der Waals surface area contributed by atoms with E-state index in [2.05, 4.69) is 30.6 Å². The summed E-state index contributed by atoms with van der Waals surface area (Å²) >= 11 is 0. The molecule has 2 aromatic heterocycles. The molecule has 0 saturated carbocycles. The molecular weight excluding hydrogens is 356 g/mol. The standard InChI is InChI=1S/C19H22N8O/c1-2-20-17-8-9-18(23-22-17)25-10-12-26(13-11-25)19(28)16-14-21-27(24-16)15-6-4-3-5-7-15/h3-9,14H,2,10-13H2,1H3,(H,20,22). The van der Waals surface area contributed by atoms with Gasteiger partial charge in [-0.1, -0.05) is 18.2 Å². The van der Waals surface area contributed by atoms with Crippen LogP contribution in [0.4, 0.5) is 11.6 Å². The summed E-state index contributed by atoms with van der Waals surface area (Å²) in [4.78, 5) is 18.2. The van der Waals surface area contributed by atoms with E-state index in [1.54, 1.807) is 4.90 Å². The molecule has 1 N–H and O–H groups in total. The highest BCUT2D eigenvalue weighted by Crippen LogP contribution is 2.15. The maximum absolute atomic E-state index is 12.8. The van der Waals surface area contributed by atoms with Crippen LogP contribution >= 0.6 is 0 Å². The minimum absolute atomic E-state index is 0.101. The molecule has 0 unspecified atom stereocenters. The van der Waals surface area contributed by atoms with Gasteiger partial charge in [0, 0.05) is 32.7 Å². The van der Waals surface area contributed by atoms with E-state index >= 15 is 0 Å². The summed E-state index contributed by atoms with van der Waals surface area (Å²) in [5.74, 6) is 1.49. The molecule has 0 atom stereocenters. The fraction of sp³-hybridized carbons (Fsp3) is 0.316. The SMILES string of the molecule is CCNc1ccc(N2CCN(C(=O)c3cnn(-c4ccccc4)n3)CC2)nn1. The van der Waals surface area contributed by atoms with Crippen LogP contribution in [0.3, 0.4) is 0 Å². The van der Waals surface area contributed by atoms with Crippen LogP contribution in [0.25, 0.3) is 5.69 Å². The molecule has 1 aliphatic rings. The highest BCUT2D eigenvalue weighted by molar-refractivity contribution is 5.92. The van der Waals surface area contributed by atoms with E-state index < -0.39 is 0 Å². The van der Waals surface area contributed by atoms with Crippen LogP contribution in [0.5, 0.6) is 0 Å². The Labute approximate surface area is 163 Å². The quantitative estimate of drug-likeness (QED) is 0.718. The van der Waals surface area contributed by atoms with Crippen LogP contribution < -0.4 is 10.2 Å². The number of amides is 1. The second-order valence-corrected chi connectivity index (χ2v) is 6.44. The summed E-state index contributed by atoms with van der Waals surface area (Å²) in [7, 11) is 0. The Morgan fingerprint density at radius 3 is 2.50 bits per heavy atom. The third-order valence-electron chi connectivity index (χ3n) is 4.60. The van der Waals surface area contributed by atoms with Crippen LogP contribution in [0.15, 0.2) is 48.7 Å². The molecule has 1 fully saturated rings. The van der Waals surface area contributed by atoms with Crippen molar-refractivity contribution in [1.82, 2.24) is 30.1 Å². The zero-order valence-electron chi connectivity index (χ0n) is 15.7. The smallest absolute Gasteiger partial charge is 0.276 e. The first kappa shape index (κ1) is 17.9. The zero-order valence-corrected chi connectivity index (χ0v) is 15.7. The number of rotatable bonds is 5. The predicted molar refractivity (Wildman–Crippen MR) is 106 cm³/mol. The van der Waals surface area contributed by atoms with E-state index in [9.17, 15) is 4.79 Å². The lowest BCUT2D eigenvalue weighted by molar-refractivity contribution is 0.0740. The molecule has 9 heteroatoms. The first-order valence-corrected chi connectivity index (χ1v) is 9.34. The number of nitrogens with zero attached hydrogens (tertiary/aromatic N) is 7. The number of hydrogen-bond donors (Lipinski definition) is 1. The fourth-order valence-corrected chi connectivity index (χ4v) is 3.12. The first-order valence-electron chi connectivity index (χ1n) is 9.34. The minimum atomic E-state index is -0.101. The van der Waals surface area contributed by atoms with E-state index in [1.807, 2.05) is 49.4 Å². The van der Waals surface area contributed by atoms with Gasteiger partial charge in [-0.05, 0) is 31.2 Å². The average Bonchev–Trinajstić information content (AvgIpc) is 3.25. The van der Waals surface area contributed by atoms with Crippen LogP contribution in [-0.4, -0.2) is 68.7 Å². The van der Waals surface area contributed by atoms with Crippen LogP contribution in [0, 0.1) is 0 Å². The van der Waals surface area contributed by atoms with E-state index in [-0.39, 0.29) is 5.91 Å². The molecule has 144 valence electrons. The van der Waals surface area contributed by atoms with Crippen LogP contribution in [-0.2, 0) is 0 Å². The van der Waals surface area contributed by atoms with Gasteiger partial charge in [0.2, 0.25) is 0 Å². The molecule has 28 heavy (non-hydrogen) atoms. The number of nitrogens with one attached hydrogen (secondary N) is 1. The van der Waals surface area contributed by atoms with Crippen molar-refractivity contribution in [2.75, 3.05) is 42.9 Å². The van der Waals surface area contributed by atoms with Crippen LogP contribution in [0.2, 0.25) is 0 Å². The zero-order chi connectivity index (χ0) is 19.3. The molecular formula is C19H22N8O. The summed E-state index contributed by atoms with van der Waals surface area (Å²) in [5, 5.41) is 20.1. The lowest BCUT2D eigenvalue weighted by atomic mass is 10.3. The van der Waals surface area contributed by atoms with Gasteiger partial charge in [-0.2, -0.15) is 9.90 Å². The molecule has 0 aliphatic carbocycles. The van der Waals surface area contributed by atoms with Gasteiger partial charge in [0.15, 0.2) is 11.5 Å². The highest BCUT2D eigenvalue weighted by Gasteiger charge is 2.25. The van der Waals surface area contributed by atoms with Crippen molar-refractivity contribution >= 4 is 17.5 Å². The van der Waals surface area contributed by atoms with Crippen LogP contribution in [0.1, 0.15) is 17.4 Å². The van der Waals surface area contributed by atoms with Crippen molar-refractivity contribution in [3.63, 3.8) is 0 Å². The van der Waals surface area contributed by atoms with Gasteiger partial charge in [-0.3, -0.25) is 4.79 Å². The second kappa shape index (κ2) is 8.03. The van der Waals surface area contributed by atoms with Gasteiger partial charge >= 0.3 is 0 Å². The summed E-state index contributed by atoms with van der Waals surface area (Å²) in [5.41, 5.74) is 1.18. The third-order valence-corrected chi connectivity index (χ3v) is 4.60. The average molecular weight is 378 g/mol. The van der Waals surface area contributed by atoms with Gasteiger partial charge in [0.05, 0.1) is 11.9 Å². The monoisotopic (exact) mass is 378 g/mol. The second-order valence-electron chi connectivity index (χ2n) is 6.44. The Balaban J connectivity index is 1.37. The number of carbonyl (C=O) groups is 1. The Kier molecular flexibility index (Phi) is 5.14. The molecule has 1 aliphatic heterocycles. The van der Waals surface area contributed by atoms with Crippen molar-refractivity contribution < 1.29 is 4.79 Å². The van der Waals surface area contributed by atoms with Crippen molar-refractivity contribution in [1.29, 1.82) is 0 Å². The molecule has 1 saturated heterocycles. The normalized spacial score (nSPS) is 14.2. The Morgan fingerprint density at radius 1 is 1.04 bits per heavy atom. The van der Waals surface area contributed by atoms with Gasteiger partial charge in [-0.25, -0.2) is 0 Å². The molecule has 1 aromatic carbocycles. The number of aromatic nitrogens is 5. The largest absolute Gasteiger partial charge is 0.369 e. The number of para-hydroxylation sites is 1. The van der Waals surface area contributed by atoms with Crippen molar-refractivity contribution in [3.8, 4) is 5.69 Å². The molecule has 0 radical (unpaired) electrons. The number of anilines is 2. The third kappa shape index (κ3) is 3.78. The summed E-state index contributed by atoms with van der Waals surface area (Å²) in [6, 6.07) is 13.4. The number of hydrogen-bond acceptors (Lipinski definition) is 7. The van der Waals surface area contributed by atoms with Gasteiger partial charge in [0.1, 0.15) is 5.82 Å². The van der Waals surface area contributed by atoms with Gasteiger partial charge in [-0.15, -0.1) is 15.3 Å². The predicted octanol–water partition coefficient (Wildman–Crippen LogP) is 1.45. The van der Waals surface area contributed by atoms with E-state index in [0.717, 1.165) is 23.9 Å². The summed E-state index contributed by atoms with van der Waals surface area (Å²) < 4.78 is 0. The molecule has 4 rings (SSSR count). The number of carbonyl (C=O) groups excluding carboxylic acids is 1. The minimum Gasteiger partial charge on any atom is -0.369 e. The number of benzene rings is 1. The molecule has 9 nitrogen and oxygen atoms in total. The van der Waals surface area contributed by atoms with E-state index in [4.69, 9.17) is 0 Å². The molecule has 3 heterocycles. The molecule has 1 amide bonds. The van der Waals surface area contributed by atoms with Gasteiger partial charge in [0.25, 0.3) is 5.91 Å². The highest BCUT2D eigenvalue weighted by atomic mass is 16.2. The fourth-order valence-electron chi connectivity index (χ4n) is 3.12. The maximum Gasteiger partial charge on any atom is 0.276 e. The summed E-state index contributed by atoms with van der Waals surface area (Å²) in [6.07, 6.45) is 1.52. The Hall–Kier alpha value is -3.49. The van der Waals surface area contributed by atoms with Gasteiger partial charge < -0.3 is 15.1 Å². The maximum atomic E-state index is 12.8. The van der Waals surface area contributed by atoms with E-state index in [0.29, 0.717) is 31.9 Å². The molecule has 3 aromatic rings. The van der Waals surface area contributed by atoms with Crippen molar-refractivity contribution in [2.45, 2.75) is 6.92 Å². The van der Waals surface area contributed by atoms with Crippen molar-refractivity contribution in [3.05, 3.63) is 54.4 Å². The Bertz CT molecular complexity index is 917. The first-order chi connectivity index (χ1) is 13.7. The summed E-state index contributed by atoms with van der Waals surface area (Å²) in [6.45, 7) is 5.44. The Morgan fingerprint density at radius 2 is 1.82 bits per heavy atom. The lowest BCUT2D eigenvalue weighted by Crippen LogP contribution is -2.49. The molecule has 0 spiro atoms. The van der Waals surface area contributed by atoms with E-state index in [1.165, 1.54) is 11.0 Å². The number of piperazine rings is 1.